The number of hydrogen-bond donors (Lipinski definition) is 1. The monoisotopic (exact) mass is 257 g/mol. The van der Waals surface area contributed by atoms with Crippen LogP contribution < -0.4 is 5.32 Å². The molecule has 0 unspecified atom stereocenters. The standard InChI is InChI=1S/C16H16ClN/c1-11-6-7-14(17)10-16(11)18-15-8-12-4-2-3-5-13(12)9-15/h2-7,10,15,18H,8-9H2,1H3. The van der Waals surface area contributed by atoms with Crippen molar-refractivity contribution in [2.75, 3.05) is 5.32 Å². The van der Waals surface area contributed by atoms with Crippen LogP contribution in [-0.2, 0) is 12.8 Å². The van der Waals surface area contributed by atoms with Gasteiger partial charge in [0.1, 0.15) is 0 Å². The van der Waals surface area contributed by atoms with E-state index in [4.69, 9.17) is 11.6 Å². The van der Waals surface area contributed by atoms with Gasteiger partial charge in [-0.25, -0.2) is 0 Å². The molecule has 18 heavy (non-hydrogen) atoms. The Kier molecular flexibility index (Phi) is 3.00. The third-order valence-corrected chi connectivity index (χ3v) is 3.85. The van der Waals surface area contributed by atoms with Crippen molar-refractivity contribution in [1.82, 2.24) is 0 Å². The fourth-order valence-electron chi connectivity index (χ4n) is 2.63. The van der Waals surface area contributed by atoms with E-state index in [1.54, 1.807) is 0 Å². The van der Waals surface area contributed by atoms with Crippen LogP contribution in [0.2, 0.25) is 5.02 Å². The van der Waals surface area contributed by atoms with E-state index in [9.17, 15) is 0 Å². The molecule has 0 atom stereocenters. The fraction of sp³-hybridized carbons (Fsp3) is 0.250. The van der Waals surface area contributed by atoms with Gasteiger partial charge in [-0.1, -0.05) is 41.9 Å². The Labute approximate surface area is 113 Å². The molecule has 2 aromatic carbocycles. The largest absolute Gasteiger partial charge is 0.381 e. The summed E-state index contributed by atoms with van der Waals surface area (Å²) >= 11 is 6.05. The molecule has 1 nitrogen and oxygen atoms in total. The fourth-order valence-corrected chi connectivity index (χ4v) is 2.80. The summed E-state index contributed by atoms with van der Waals surface area (Å²) in [6, 6.07) is 15.2. The van der Waals surface area contributed by atoms with E-state index >= 15 is 0 Å². The van der Waals surface area contributed by atoms with Crippen molar-refractivity contribution in [3.63, 3.8) is 0 Å². The first kappa shape index (κ1) is 11.6. The maximum atomic E-state index is 6.05. The predicted molar refractivity (Wildman–Crippen MR) is 77.4 cm³/mol. The van der Waals surface area contributed by atoms with Gasteiger partial charge >= 0.3 is 0 Å². The molecule has 1 N–H and O–H groups in total. The lowest BCUT2D eigenvalue weighted by molar-refractivity contribution is 0.773. The number of halogens is 1. The number of hydrogen-bond acceptors (Lipinski definition) is 1. The van der Waals surface area contributed by atoms with Crippen molar-refractivity contribution in [3.8, 4) is 0 Å². The summed E-state index contributed by atoms with van der Waals surface area (Å²) in [6.45, 7) is 2.11. The first-order chi connectivity index (χ1) is 8.72. The van der Waals surface area contributed by atoms with Gasteiger partial charge in [-0.2, -0.15) is 0 Å². The van der Waals surface area contributed by atoms with Crippen LogP contribution in [-0.4, -0.2) is 6.04 Å². The summed E-state index contributed by atoms with van der Waals surface area (Å²) in [5.41, 5.74) is 5.33. The minimum absolute atomic E-state index is 0.486. The summed E-state index contributed by atoms with van der Waals surface area (Å²) in [4.78, 5) is 0. The number of anilines is 1. The maximum absolute atomic E-state index is 6.05. The Morgan fingerprint density at radius 2 is 1.72 bits per heavy atom. The zero-order chi connectivity index (χ0) is 12.5. The zero-order valence-corrected chi connectivity index (χ0v) is 11.2. The Balaban J connectivity index is 1.78. The Morgan fingerprint density at radius 1 is 1.06 bits per heavy atom. The molecule has 3 rings (SSSR count). The van der Waals surface area contributed by atoms with E-state index in [0.29, 0.717) is 6.04 Å². The number of fused-ring (bicyclic) bond motifs is 1. The van der Waals surface area contributed by atoms with Crippen LogP contribution in [0.3, 0.4) is 0 Å². The summed E-state index contributed by atoms with van der Waals surface area (Å²) in [5.74, 6) is 0. The van der Waals surface area contributed by atoms with E-state index < -0.39 is 0 Å². The van der Waals surface area contributed by atoms with Gasteiger partial charge in [0.2, 0.25) is 0 Å². The van der Waals surface area contributed by atoms with E-state index in [1.165, 1.54) is 16.7 Å². The average Bonchev–Trinajstić information content (AvgIpc) is 2.76. The van der Waals surface area contributed by atoms with E-state index in [0.717, 1.165) is 23.6 Å². The molecule has 2 heteroatoms. The van der Waals surface area contributed by atoms with Gasteiger partial charge in [-0.05, 0) is 48.6 Å². The molecule has 2 aromatic rings. The third kappa shape index (κ3) is 2.23. The van der Waals surface area contributed by atoms with Gasteiger partial charge in [0, 0.05) is 16.8 Å². The normalized spacial score (nSPS) is 14.6. The van der Waals surface area contributed by atoms with Crippen LogP contribution in [0, 0.1) is 6.92 Å². The highest BCUT2D eigenvalue weighted by Crippen LogP contribution is 2.27. The van der Waals surface area contributed by atoms with Crippen LogP contribution in [0.4, 0.5) is 5.69 Å². The van der Waals surface area contributed by atoms with Gasteiger partial charge in [-0.3, -0.25) is 0 Å². The predicted octanol–water partition coefficient (Wildman–Crippen LogP) is 4.23. The average molecular weight is 258 g/mol. The van der Waals surface area contributed by atoms with Crippen molar-refractivity contribution in [1.29, 1.82) is 0 Å². The van der Waals surface area contributed by atoms with E-state index in [-0.39, 0.29) is 0 Å². The Hall–Kier alpha value is -1.47. The second-order valence-electron chi connectivity index (χ2n) is 4.98. The lowest BCUT2D eigenvalue weighted by Crippen LogP contribution is -2.19. The minimum Gasteiger partial charge on any atom is -0.381 e. The molecule has 0 aromatic heterocycles. The highest BCUT2D eigenvalue weighted by molar-refractivity contribution is 6.30. The van der Waals surface area contributed by atoms with Gasteiger partial charge in [0.15, 0.2) is 0 Å². The maximum Gasteiger partial charge on any atom is 0.0426 e. The molecule has 0 radical (unpaired) electrons. The van der Waals surface area contributed by atoms with Crippen molar-refractivity contribution >= 4 is 17.3 Å². The SMILES string of the molecule is Cc1ccc(Cl)cc1NC1Cc2ccccc2C1. The molecule has 0 fully saturated rings. The van der Waals surface area contributed by atoms with Gasteiger partial charge in [0.05, 0.1) is 0 Å². The van der Waals surface area contributed by atoms with Crippen LogP contribution >= 0.6 is 11.6 Å². The Morgan fingerprint density at radius 3 is 2.39 bits per heavy atom. The zero-order valence-electron chi connectivity index (χ0n) is 10.4. The van der Waals surface area contributed by atoms with Gasteiger partial charge in [-0.15, -0.1) is 0 Å². The van der Waals surface area contributed by atoms with E-state index in [1.807, 2.05) is 12.1 Å². The minimum atomic E-state index is 0.486. The smallest absolute Gasteiger partial charge is 0.0426 e. The lowest BCUT2D eigenvalue weighted by Gasteiger charge is -2.16. The molecule has 92 valence electrons. The first-order valence-corrected chi connectivity index (χ1v) is 6.69. The summed E-state index contributed by atoms with van der Waals surface area (Å²) in [6.07, 6.45) is 2.20. The number of nitrogens with one attached hydrogen (secondary N) is 1. The van der Waals surface area contributed by atoms with Crippen LogP contribution in [0.1, 0.15) is 16.7 Å². The van der Waals surface area contributed by atoms with Crippen molar-refractivity contribution < 1.29 is 0 Å². The summed E-state index contributed by atoms with van der Waals surface area (Å²) in [5, 5.41) is 4.40. The second kappa shape index (κ2) is 4.66. The molecule has 1 aliphatic rings. The number of aryl methyl sites for hydroxylation is 1. The highest BCUT2D eigenvalue weighted by atomic mass is 35.5. The molecule has 0 heterocycles. The molecular formula is C16H16ClN. The molecule has 0 aliphatic heterocycles. The number of rotatable bonds is 2. The molecule has 0 amide bonds. The van der Waals surface area contributed by atoms with Gasteiger partial charge in [0.25, 0.3) is 0 Å². The van der Waals surface area contributed by atoms with Crippen LogP contribution in [0.15, 0.2) is 42.5 Å². The van der Waals surface area contributed by atoms with E-state index in [2.05, 4.69) is 42.6 Å². The molecule has 1 aliphatic carbocycles. The lowest BCUT2D eigenvalue weighted by atomic mass is 10.1. The molecular weight excluding hydrogens is 242 g/mol. The molecule has 0 saturated carbocycles. The van der Waals surface area contributed by atoms with Crippen molar-refractivity contribution in [3.05, 3.63) is 64.2 Å². The third-order valence-electron chi connectivity index (χ3n) is 3.61. The Bertz CT molecular complexity index is 552. The summed E-state index contributed by atoms with van der Waals surface area (Å²) < 4.78 is 0. The molecule has 0 bridgehead atoms. The van der Waals surface area contributed by atoms with Crippen molar-refractivity contribution in [2.45, 2.75) is 25.8 Å². The highest BCUT2D eigenvalue weighted by Gasteiger charge is 2.20. The second-order valence-corrected chi connectivity index (χ2v) is 5.41. The number of benzene rings is 2. The first-order valence-electron chi connectivity index (χ1n) is 6.32. The summed E-state index contributed by atoms with van der Waals surface area (Å²) in [7, 11) is 0. The molecule has 0 spiro atoms. The van der Waals surface area contributed by atoms with Crippen LogP contribution in [0.5, 0.6) is 0 Å². The van der Waals surface area contributed by atoms with Crippen LogP contribution in [0.25, 0.3) is 0 Å². The van der Waals surface area contributed by atoms with Crippen molar-refractivity contribution in [2.24, 2.45) is 0 Å². The van der Waals surface area contributed by atoms with Gasteiger partial charge < -0.3 is 5.32 Å². The topological polar surface area (TPSA) is 12.0 Å². The quantitative estimate of drug-likeness (QED) is 0.849. The molecule has 0 saturated heterocycles.